The number of aliphatic hydroxyl groups is 2. The first kappa shape index (κ1) is 38.3. The zero-order valence-electron chi connectivity index (χ0n) is 29.2. The number of thioether (sulfide) groups is 2. The number of ether oxygens (including phenoxy) is 2. The van der Waals surface area contributed by atoms with Crippen LogP contribution in [-0.2, 0) is 22.0 Å². The molecule has 2 aliphatic heterocycles. The van der Waals surface area contributed by atoms with Crippen LogP contribution in [0, 0.1) is 12.8 Å². The molecule has 2 aliphatic carbocycles. The minimum atomic E-state index is -3.86. The number of nitrogens with zero attached hydrogens (tertiary/aromatic N) is 2. The molecule has 0 aromatic heterocycles. The van der Waals surface area contributed by atoms with Gasteiger partial charge >= 0.3 is 0 Å². The number of aryl methyl sites for hydroxylation is 1. The standard InChI is InChI=1S/C37H52BrN3O6S3/c1-25-10-12-30(13-11-25)50(44,45)40-39-28-20-32-37(33(21-28)49-18-15-42)22-29(24-43)41(14-6-17-48-2)23-27-19-31(35(38)36(47-32)34(27)37)46-16-5-9-26-7-3-4-8-26/h10-13,19,26,29,32-33,40,42-43H,3-9,14-18,20-24H2,1-2H3/b39-28-/t29-,32+,33+,37?/m0/s1. The Morgan fingerprint density at radius 1 is 1.14 bits per heavy atom. The Hall–Kier alpha value is -1.48. The number of benzene rings is 2. The summed E-state index contributed by atoms with van der Waals surface area (Å²) in [5, 5.41) is 25.4. The Balaban J connectivity index is 1.35. The highest BCUT2D eigenvalue weighted by Crippen LogP contribution is 2.61. The first-order valence-electron chi connectivity index (χ1n) is 18.1. The normalized spacial score (nSPS) is 26.0. The van der Waals surface area contributed by atoms with Crippen LogP contribution in [0.15, 0.2) is 44.8 Å². The number of hydrogen-bond acceptors (Lipinski definition) is 10. The van der Waals surface area contributed by atoms with Crippen LogP contribution in [0.5, 0.6) is 11.5 Å². The van der Waals surface area contributed by atoms with Gasteiger partial charge in [-0.1, -0.05) is 43.4 Å². The van der Waals surface area contributed by atoms with E-state index < -0.39 is 15.4 Å². The third-order valence-electron chi connectivity index (χ3n) is 11.0. The summed E-state index contributed by atoms with van der Waals surface area (Å²) in [5.41, 5.74) is 3.53. The van der Waals surface area contributed by atoms with Crippen molar-refractivity contribution in [1.29, 1.82) is 0 Å². The molecule has 9 nitrogen and oxygen atoms in total. The molecule has 0 radical (unpaired) electrons. The highest BCUT2D eigenvalue weighted by atomic mass is 79.9. The van der Waals surface area contributed by atoms with Crippen molar-refractivity contribution in [2.24, 2.45) is 11.0 Å². The number of halogens is 1. The fraction of sp³-hybridized carbons (Fsp3) is 0.649. The minimum absolute atomic E-state index is 0.0244. The van der Waals surface area contributed by atoms with Gasteiger partial charge in [-0.15, -0.1) is 0 Å². The van der Waals surface area contributed by atoms with Crippen molar-refractivity contribution >= 4 is 55.2 Å². The summed E-state index contributed by atoms with van der Waals surface area (Å²) in [5.74, 6) is 3.96. The van der Waals surface area contributed by atoms with Gasteiger partial charge in [0.25, 0.3) is 10.0 Å². The van der Waals surface area contributed by atoms with E-state index in [-0.39, 0.29) is 35.5 Å². The summed E-state index contributed by atoms with van der Waals surface area (Å²) in [6.07, 6.45) is 12.0. The minimum Gasteiger partial charge on any atom is -0.492 e. The van der Waals surface area contributed by atoms with E-state index in [1.165, 1.54) is 32.1 Å². The van der Waals surface area contributed by atoms with Crippen molar-refractivity contribution in [3.8, 4) is 11.5 Å². The van der Waals surface area contributed by atoms with Gasteiger partial charge in [0.1, 0.15) is 22.1 Å². The lowest BCUT2D eigenvalue weighted by Gasteiger charge is -2.46. The fourth-order valence-electron chi connectivity index (χ4n) is 8.53. The molecule has 276 valence electrons. The Morgan fingerprint density at radius 3 is 2.64 bits per heavy atom. The third kappa shape index (κ3) is 8.19. The maximum absolute atomic E-state index is 13.2. The maximum atomic E-state index is 13.2. The zero-order valence-corrected chi connectivity index (χ0v) is 33.3. The second-order valence-electron chi connectivity index (χ2n) is 14.3. The number of hydrogen-bond donors (Lipinski definition) is 3. The van der Waals surface area contributed by atoms with E-state index in [9.17, 15) is 18.6 Å². The molecule has 50 heavy (non-hydrogen) atoms. The van der Waals surface area contributed by atoms with E-state index >= 15 is 0 Å². The van der Waals surface area contributed by atoms with E-state index in [1.807, 2.05) is 18.7 Å². The average Bonchev–Trinajstić information content (AvgIpc) is 3.72. The molecule has 0 bridgehead atoms. The van der Waals surface area contributed by atoms with E-state index in [1.54, 1.807) is 36.0 Å². The van der Waals surface area contributed by atoms with E-state index in [4.69, 9.17) is 9.47 Å². The molecule has 2 saturated carbocycles. The van der Waals surface area contributed by atoms with Gasteiger partial charge in [-0.2, -0.15) is 37.0 Å². The molecule has 0 saturated heterocycles. The number of aliphatic hydroxyl groups excluding tert-OH is 2. The fourth-order valence-corrected chi connectivity index (χ4v) is 11.7. The van der Waals surface area contributed by atoms with Crippen LogP contribution in [-0.4, -0.2) is 90.8 Å². The van der Waals surface area contributed by atoms with Crippen molar-refractivity contribution in [1.82, 2.24) is 9.73 Å². The van der Waals surface area contributed by atoms with Crippen molar-refractivity contribution in [2.75, 3.05) is 44.1 Å². The van der Waals surface area contributed by atoms with Crippen LogP contribution >= 0.6 is 39.5 Å². The monoisotopic (exact) mass is 809 g/mol. The highest BCUT2D eigenvalue weighted by Gasteiger charge is 2.60. The van der Waals surface area contributed by atoms with Crippen molar-refractivity contribution in [3.63, 3.8) is 0 Å². The number of hydrazone groups is 1. The quantitative estimate of drug-likeness (QED) is 0.127. The van der Waals surface area contributed by atoms with E-state index in [2.05, 4.69) is 43.1 Å². The number of rotatable bonds is 16. The number of sulfonamides is 1. The smallest absolute Gasteiger partial charge is 0.276 e. The van der Waals surface area contributed by atoms with E-state index in [0.717, 1.165) is 63.7 Å². The van der Waals surface area contributed by atoms with Gasteiger partial charge in [-0.3, -0.25) is 4.90 Å². The number of nitrogens with one attached hydrogen (secondary N) is 1. The Bertz CT molecular complexity index is 1600. The molecule has 13 heteroatoms. The van der Waals surface area contributed by atoms with Gasteiger partial charge in [-0.25, -0.2) is 4.83 Å². The molecule has 0 amide bonds. The SMILES string of the molecule is CSCCCN1Cc2cc(OCCCC3CCCC3)c(Br)c3c2C2(C[C@H]1CO)[C@@H](C/C(=N/NS(=O)(=O)c1ccc(C)cc1)C[C@H]2SCCO)O3. The lowest BCUT2D eigenvalue weighted by atomic mass is 9.64. The Kier molecular flexibility index (Phi) is 13.1. The highest BCUT2D eigenvalue weighted by molar-refractivity contribution is 9.10. The van der Waals surface area contributed by atoms with Crippen LogP contribution < -0.4 is 14.3 Å². The summed E-state index contributed by atoms with van der Waals surface area (Å²) in [7, 11) is -3.86. The van der Waals surface area contributed by atoms with Crippen LogP contribution in [0.3, 0.4) is 0 Å². The summed E-state index contributed by atoms with van der Waals surface area (Å²) in [4.78, 5) is 5.10. The zero-order chi connectivity index (χ0) is 35.3. The lowest BCUT2D eigenvalue weighted by molar-refractivity contribution is 0.0650. The van der Waals surface area contributed by atoms with Gasteiger partial charge in [-0.05, 0) is 96.8 Å². The van der Waals surface area contributed by atoms with Gasteiger partial charge in [0.05, 0.1) is 30.1 Å². The van der Waals surface area contributed by atoms with Crippen molar-refractivity contribution in [3.05, 3.63) is 51.5 Å². The molecular formula is C37H52BrN3O6S3. The topological polar surface area (TPSA) is 121 Å². The molecule has 2 aromatic rings. The van der Waals surface area contributed by atoms with Crippen molar-refractivity contribution < 1.29 is 28.1 Å². The van der Waals surface area contributed by atoms with Gasteiger partial charge in [0, 0.05) is 47.7 Å². The van der Waals surface area contributed by atoms with Gasteiger partial charge in [0.15, 0.2) is 0 Å². The molecular weight excluding hydrogens is 759 g/mol. The predicted molar refractivity (Wildman–Crippen MR) is 207 cm³/mol. The van der Waals surface area contributed by atoms with Crippen LogP contribution in [0.25, 0.3) is 0 Å². The van der Waals surface area contributed by atoms with Crippen LogP contribution in [0.2, 0.25) is 0 Å². The molecule has 1 spiro atoms. The second-order valence-corrected chi connectivity index (χ2v) is 19.0. The van der Waals surface area contributed by atoms with E-state index in [0.29, 0.717) is 43.9 Å². The molecule has 2 aromatic carbocycles. The second kappa shape index (κ2) is 17.1. The Morgan fingerprint density at radius 2 is 1.92 bits per heavy atom. The molecule has 2 heterocycles. The van der Waals surface area contributed by atoms with Crippen LogP contribution in [0.4, 0.5) is 0 Å². The average molecular weight is 811 g/mol. The predicted octanol–water partition coefficient (Wildman–Crippen LogP) is 6.65. The van der Waals surface area contributed by atoms with Crippen molar-refractivity contribution in [2.45, 2.75) is 105 Å². The molecule has 2 fully saturated rings. The Labute approximate surface area is 314 Å². The van der Waals surface area contributed by atoms with Gasteiger partial charge in [0.2, 0.25) is 0 Å². The summed E-state index contributed by atoms with van der Waals surface area (Å²) >= 11 is 7.43. The third-order valence-corrected chi connectivity index (χ3v) is 15.1. The van der Waals surface area contributed by atoms with Gasteiger partial charge < -0.3 is 19.7 Å². The molecule has 4 atom stereocenters. The largest absolute Gasteiger partial charge is 0.492 e. The maximum Gasteiger partial charge on any atom is 0.276 e. The first-order chi connectivity index (χ1) is 24.2. The molecule has 3 N–H and O–H groups in total. The summed E-state index contributed by atoms with van der Waals surface area (Å²) in [6, 6.07) is 8.82. The molecule has 6 rings (SSSR count). The lowest BCUT2D eigenvalue weighted by Crippen LogP contribution is -2.55. The van der Waals surface area contributed by atoms with Crippen LogP contribution in [0.1, 0.15) is 80.9 Å². The summed E-state index contributed by atoms with van der Waals surface area (Å²) < 4.78 is 40.7. The molecule has 1 unspecified atom stereocenters. The molecule has 4 aliphatic rings. The first-order valence-corrected chi connectivity index (χ1v) is 22.8. The summed E-state index contributed by atoms with van der Waals surface area (Å²) in [6.45, 7) is 4.16.